The van der Waals surface area contributed by atoms with E-state index in [4.69, 9.17) is 11.6 Å². The Bertz CT molecular complexity index is 122. The van der Waals surface area contributed by atoms with Crippen molar-refractivity contribution in [3.63, 3.8) is 0 Å². The molecule has 0 aliphatic heterocycles. The molecule has 10 heavy (non-hydrogen) atoms. The van der Waals surface area contributed by atoms with Crippen molar-refractivity contribution in [2.24, 2.45) is 5.41 Å². The molecule has 1 rings (SSSR count). The zero-order valence-corrected chi connectivity index (χ0v) is 8.96. The molecule has 60 valence electrons. The van der Waals surface area contributed by atoms with Crippen molar-refractivity contribution >= 4 is 19.7 Å². The first kappa shape index (κ1) is 8.60. The summed E-state index contributed by atoms with van der Waals surface area (Å²) in [4.78, 5) is 0. The van der Waals surface area contributed by atoms with Crippen molar-refractivity contribution in [2.45, 2.75) is 38.5 Å². The van der Waals surface area contributed by atoms with E-state index in [0.717, 1.165) is 5.88 Å². The van der Waals surface area contributed by atoms with Crippen LogP contribution in [0.2, 0.25) is 25.7 Å². The Morgan fingerprint density at radius 1 is 1.30 bits per heavy atom. The van der Waals surface area contributed by atoms with Crippen LogP contribution >= 0.6 is 11.6 Å². The number of hydrogen-bond donors (Lipinski definition) is 0. The summed E-state index contributed by atoms with van der Waals surface area (Å²) in [5.74, 6) is 0.900. The van der Waals surface area contributed by atoms with Crippen LogP contribution in [0.4, 0.5) is 0 Å². The summed E-state index contributed by atoms with van der Waals surface area (Å²) in [6, 6.07) is 1.43. The second-order valence-electron chi connectivity index (χ2n) is 4.87. The fraction of sp³-hybridized carbons (Fsp3) is 1.00. The zero-order chi connectivity index (χ0) is 7.83. The van der Waals surface area contributed by atoms with Crippen molar-refractivity contribution in [3.8, 4) is 0 Å². The lowest BCUT2D eigenvalue weighted by molar-refractivity contribution is 0.648. The van der Waals surface area contributed by atoms with Crippen LogP contribution in [-0.2, 0) is 0 Å². The molecule has 0 unspecified atom stereocenters. The average Bonchev–Trinajstić information content (AvgIpc) is 2.45. The molecule has 0 aromatic heterocycles. The Hall–Kier alpha value is 0.507. The molecular formula is C8H17ClSi. The van der Waals surface area contributed by atoms with Crippen LogP contribution < -0.4 is 0 Å². The summed E-state index contributed by atoms with van der Waals surface area (Å²) < 4.78 is 0. The highest BCUT2D eigenvalue weighted by atomic mass is 35.5. The van der Waals surface area contributed by atoms with E-state index in [-0.39, 0.29) is 0 Å². The van der Waals surface area contributed by atoms with Gasteiger partial charge in [0.05, 0.1) is 0 Å². The second-order valence-corrected chi connectivity index (χ2v) is 10.6. The summed E-state index contributed by atoms with van der Waals surface area (Å²) in [6.45, 7) is 7.29. The van der Waals surface area contributed by atoms with Crippen LogP contribution in [0, 0.1) is 5.41 Å². The SMILES string of the molecule is C[Si](C)(C)CC1(CCl)CC1. The Balaban J connectivity index is 2.38. The third kappa shape index (κ3) is 2.28. The molecule has 0 saturated heterocycles. The second kappa shape index (κ2) is 2.52. The topological polar surface area (TPSA) is 0 Å². The molecule has 0 radical (unpaired) electrons. The summed E-state index contributed by atoms with van der Waals surface area (Å²) in [7, 11) is -0.836. The maximum atomic E-state index is 5.88. The quantitative estimate of drug-likeness (QED) is 0.457. The summed E-state index contributed by atoms with van der Waals surface area (Å²) in [5, 5.41) is 0. The minimum atomic E-state index is -0.836. The van der Waals surface area contributed by atoms with E-state index in [1.807, 2.05) is 0 Å². The van der Waals surface area contributed by atoms with Crippen LogP contribution in [0.3, 0.4) is 0 Å². The third-order valence-corrected chi connectivity index (χ3v) is 4.52. The molecule has 1 saturated carbocycles. The van der Waals surface area contributed by atoms with E-state index in [1.165, 1.54) is 18.9 Å². The third-order valence-electron chi connectivity index (χ3n) is 2.15. The Morgan fingerprint density at radius 2 is 1.80 bits per heavy atom. The monoisotopic (exact) mass is 176 g/mol. The van der Waals surface area contributed by atoms with Crippen molar-refractivity contribution < 1.29 is 0 Å². The number of halogens is 1. The highest BCUT2D eigenvalue weighted by Gasteiger charge is 2.44. The van der Waals surface area contributed by atoms with Crippen LogP contribution in [-0.4, -0.2) is 14.0 Å². The van der Waals surface area contributed by atoms with Gasteiger partial charge in [0.25, 0.3) is 0 Å². The van der Waals surface area contributed by atoms with Gasteiger partial charge < -0.3 is 0 Å². The van der Waals surface area contributed by atoms with Crippen LogP contribution in [0.5, 0.6) is 0 Å². The van der Waals surface area contributed by atoms with Crippen LogP contribution in [0.25, 0.3) is 0 Å². The fourth-order valence-electron chi connectivity index (χ4n) is 1.66. The predicted molar refractivity (Wildman–Crippen MR) is 50.5 cm³/mol. The van der Waals surface area contributed by atoms with E-state index in [1.54, 1.807) is 0 Å². The van der Waals surface area contributed by atoms with E-state index >= 15 is 0 Å². The van der Waals surface area contributed by atoms with Gasteiger partial charge >= 0.3 is 0 Å². The van der Waals surface area contributed by atoms with Gasteiger partial charge in [-0.05, 0) is 18.3 Å². The molecule has 0 spiro atoms. The maximum absolute atomic E-state index is 5.88. The van der Waals surface area contributed by atoms with Crippen molar-refractivity contribution in [2.75, 3.05) is 5.88 Å². The maximum Gasteiger partial charge on any atom is 0.0448 e. The first-order chi connectivity index (χ1) is 4.47. The largest absolute Gasteiger partial charge is 0.126 e. The van der Waals surface area contributed by atoms with Gasteiger partial charge in [-0.1, -0.05) is 25.7 Å². The van der Waals surface area contributed by atoms with Gasteiger partial charge in [-0.25, -0.2) is 0 Å². The Kier molecular flexibility index (Phi) is 2.17. The van der Waals surface area contributed by atoms with Gasteiger partial charge in [0.2, 0.25) is 0 Å². The van der Waals surface area contributed by atoms with Gasteiger partial charge in [-0.15, -0.1) is 11.6 Å². The number of hydrogen-bond acceptors (Lipinski definition) is 0. The molecule has 1 aliphatic rings. The molecule has 0 heterocycles. The molecular weight excluding hydrogens is 160 g/mol. The molecule has 0 amide bonds. The summed E-state index contributed by atoms with van der Waals surface area (Å²) in [5.41, 5.74) is 0.603. The highest BCUT2D eigenvalue weighted by Crippen LogP contribution is 2.52. The van der Waals surface area contributed by atoms with Gasteiger partial charge in [0, 0.05) is 14.0 Å². The molecule has 1 aliphatic carbocycles. The van der Waals surface area contributed by atoms with Gasteiger partial charge in [0.1, 0.15) is 0 Å². The molecule has 0 atom stereocenters. The van der Waals surface area contributed by atoms with E-state index in [0.29, 0.717) is 5.41 Å². The fourth-order valence-corrected chi connectivity index (χ4v) is 4.91. The minimum Gasteiger partial charge on any atom is -0.126 e. The predicted octanol–water partition coefficient (Wildman–Crippen LogP) is 3.34. The lowest BCUT2D eigenvalue weighted by Gasteiger charge is -2.21. The average molecular weight is 177 g/mol. The molecule has 1 fully saturated rings. The molecule has 0 aromatic rings. The van der Waals surface area contributed by atoms with Gasteiger partial charge in [0.15, 0.2) is 0 Å². The minimum absolute atomic E-state index is 0.603. The Morgan fingerprint density at radius 3 is 1.90 bits per heavy atom. The molecule has 0 bridgehead atoms. The van der Waals surface area contributed by atoms with E-state index < -0.39 is 8.07 Å². The number of rotatable bonds is 3. The van der Waals surface area contributed by atoms with Gasteiger partial charge in [-0.2, -0.15) is 0 Å². The lowest BCUT2D eigenvalue weighted by Crippen LogP contribution is -2.25. The van der Waals surface area contributed by atoms with Crippen LogP contribution in [0.1, 0.15) is 12.8 Å². The lowest BCUT2D eigenvalue weighted by atomic mass is 10.2. The summed E-state index contributed by atoms with van der Waals surface area (Å²) >= 11 is 5.88. The van der Waals surface area contributed by atoms with Crippen molar-refractivity contribution in [3.05, 3.63) is 0 Å². The molecule has 2 heteroatoms. The highest BCUT2D eigenvalue weighted by molar-refractivity contribution is 6.76. The normalized spacial score (nSPS) is 22.8. The summed E-state index contributed by atoms with van der Waals surface area (Å²) in [6.07, 6.45) is 2.78. The first-order valence-electron chi connectivity index (χ1n) is 4.04. The number of alkyl halides is 1. The standard InChI is InChI=1S/C8H17ClSi/c1-10(2,3)7-8(6-9)4-5-8/h4-7H2,1-3H3. The van der Waals surface area contributed by atoms with Crippen LogP contribution in [0.15, 0.2) is 0 Å². The van der Waals surface area contributed by atoms with E-state index in [2.05, 4.69) is 19.6 Å². The smallest absolute Gasteiger partial charge is 0.0448 e. The Labute approximate surface area is 70.0 Å². The van der Waals surface area contributed by atoms with Gasteiger partial charge in [-0.3, -0.25) is 0 Å². The van der Waals surface area contributed by atoms with Crippen molar-refractivity contribution in [1.29, 1.82) is 0 Å². The molecule has 0 aromatic carbocycles. The molecule has 0 N–H and O–H groups in total. The zero-order valence-electron chi connectivity index (χ0n) is 7.21. The molecule has 0 nitrogen and oxygen atoms in total. The van der Waals surface area contributed by atoms with E-state index in [9.17, 15) is 0 Å². The van der Waals surface area contributed by atoms with Crippen molar-refractivity contribution in [1.82, 2.24) is 0 Å². The first-order valence-corrected chi connectivity index (χ1v) is 8.28.